The third kappa shape index (κ3) is 5.14. The standard InChI is InChI=1S/C24H22F2N8OS/c1-14(27)13-35-19-12-29-21(26)10-17(19)16-4-2-3-15-9-20(36-23(15)16)22-18(25)11-30-24(32-22)28-5-7-34-8-6-31-33-34/h2-4,6,8-12,14H,5,7,13,27H2,1H3,(H,28,30,32)/t14-/m1/s1. The maximum Gasteiger partial charge on any atom is 0.223 e. The summed E-state index contributed by atoms with van der Waals surface area (Å²) in [5.74, 6) is -0.452. The van der Waals surface area contributed by atoms with Gasteiger partial charge in [0.05, 0.1) is 30.0 Å². The second kappa shape index (κ2) is 10.3. The van der Waals surface area contributed by atoms with E-state index in [9.17, 15) is 8.78 Å². The fourth-order valence-corrected chi connectivity index (χ4v) is 4.79. The van der Waals surface area contributed by atoms with Gasteiger partial charge in [-0.3, -0.25) is 4.68 Å². The third-order valence-electron chi connectivity index (χ3n) is 5.24. The lowest BCUT2D eigenvalue weighted by Gasteiger charge is -2.13. The molecule has 5 rings (SSSR count). The predicted octanol–water partition coefficient (Wildman–Crippen LogP) is 4.13. The van der Waals surface area contributed by atoms with Gasteiger partial charge < -0.3 is 15.8 Å². The fourth-order valence-electron chi connectivity index (χ4n) is 3.62. The molecular weight excluding hydrogens is 486 g/mol. The molecule has 0 aliphatic heterocycles. The maximum atomic E-state index is 14.8. The molecule has 0 amide bonds. The fraction of sp³-hybridized carbons (Fsp3) is 0.208. The SMILES string of the molecule is C[C@@H](N)COc1cnc(F)cc1-c1cccc2cc(-c3nc(NCCn4ccnn4)ncc3F)sc12. The molecule has 1 aromatic carbocycles. The number of halogens is 2. The van der Waals surface area contributed by atoms with Crippen LogP contribution in [0.3, 0.4) is 0 Å². The molecule has 0 saturated heterocycles. The number of pyridine rings is 1. The van der Waals surface area contributed by atoms with Crippen LogP contribution in [0.1, 0.15) is 6.92 Å². The quantitative estimate of drug-likeness (QED) is 0.286. The van der Waals surface area contributed by atoms with Crippen molar-refractivity contribution >= 4 is 27.4 Å². The molecule has 0 fully saturated rings. The number of nitrogens with zero attached hydrogens (tertiary/aromatic N) is 6. The number of rotatable bonds is 9. The van der Waals surface area contributed by atoms with Gasteiger partial charge in [0.25, 0.3) is 0 Å². The first-order valence-corrected chi connectivity index (χ1v) is 12.0. The number of hydrogen-bond donors (Lipinski definition) is 2. The molecule has 0 bridgehead atoms. The van der Waals surface area contributed by atoms with E-state index in [1.54, 1.807) is 17.1 Å². The number of fused-ring (bicyclic) bond motifs is 1. The van der Waals surface area contributed by atoms with Crippen LogP contribution in [0.25, 0.3) is 31.8 Å². The number of hydrogen-bond acceptors (Lipinski definition) is 9. The normalized spacial score (nSPS) is 12.1. The molecule has 3 N–H and O–H groups in total. The van der Waals surface area contributed by atoms with Crippen molar-refractivity contribution in [2.75, 3.05) is 18.5 Å². The monoisotopic (exact) mass is 508 g/mol. The summed E-state index contributed by atoms with van der Waals surface area (Å²) in [6, 6.07) is 8.61. The zero-order valence-corrected chi connectivity index (χ0v) is 20.0. The van der Waals surface area contributed by atoms with Crippen LogP contribution in [0.15, 0.2) is 55.1 Å². The van der Waals surface area contributed by atoms with Crippen LogP contribution in [-0.4, -0.2) is 49.1 Å². The molecule has 0 unspecified atom stereocenters. The van der Waals surface area contributed by atoms with E-state index >= 15 is 0 Å². The van der Waals surface area contributed by atoms with Gasteiger partial charge in [-0.15, -0.1) is 16.4 Å². The van der Waals surface area contributed by atoms with Crippen molar-refractivity contribution in [3.05, 3.63) is 66.9 Å². The molecule has 0 radical (unpaired) electrons. The van der Waals surface area contributed by atoms with Crippen molar-refractivity contribution in [3.63, 3.8) is 0 Å². The summed E-state index contributed by atoms with van der Waals surface area (Å²) < 4.78 is 37.2. The Morgan fingerprint density at radius 1 is 1.17 bits per heavy atom. The molecule has 4 aromatic heterocycles. The molecule has 184 valence electrons. The van der Waals surface area contributed by atoms with Crippen molar-refractivity contribution in [1.82, 2.24) is 29.9 Å². The van der Waals surface area contributed by atoms with E-state index in [4.69, 9.17) is 10.5 Å². The number of benzene rings is 1. The summed E-state index contributed by atoms with van der Waals surface area (Å²) >= 11 is 1.35. The Morgan fingerprint density at radius 3 is 2.86 bits per heavy atom. The summed E-state index contributed by atoms with van der Waals surface area (Å²) in [5.41, 5.74) is 7.28. The predicted molar refractivity (Wildman–Crippen MR) is 134 cm³/mol. The van der Waals surface area contributed by atoms with Gasteiger partial charge >= 0.3 is 0 Å². The number of nitrogens with one attached hydrogen (secondary N) is 1. The number of ether oxygens (including phenoxy) is 1. The summed E-state index contributed by atoms with van der Waals surface area (Å²) in [7, 11) is 0. The van der Waals surface area contributed by atoms with Crippen LogP contribution in [-0.2, 0) is 6.54 Å². The number of nitrogens with two attached hydrogens (primary N) is 1. The molecule has 36 heavy (non-hydrogen) atoms. The van der Waals surface area contributed by atoms with Gasteiger partial charge in [-0.1, -0.05) is 23.4 Å². The highest BCUT2D eigenvalue weighted by molar-refractivity contribution is 7.22. The lowest BCUT2D eigenvalue weighted by Crippen LogP contribution is -2.23. The minimum absolute atomic E-state index is 0.176. The summed E-state index contributed by atoms with van der Waals surface area (Å²) in [6.07, 6.45) is 5.83. The molecule has 4 heterocycles. The second-order valence-electron chi connectivity index (χ2n) is 8.11. The molecule has 0 saturated carbocycles. The van der Waals surface area contributed by atoms with Gasteiger partial charge in [-0.05, 0) is 18.4 Å². The van der Waals surface area contributed by atoms with Gasteiger partial charge in [0.2, 0.25) is 11.9 Å². The largest absolute Gasteiger partial charge is 0.490 e. The maximum absolute atomic E-state index is 14.8. The van der Waals surface area contributed by atoms with Crippen molar-refractivity contribution < 1.29 is 13.5 Å². The van der Waals surface area contributed by atoms with Gasteiger partial charge in [-0.25, -0.2) is 19.3 Å². The lowest BCUT2D eigenvalue weighted by molar-refractivity contribution is 0.295. The van der Waals surface area contributed by atoms with Crippen molar-refractivity contribution in [2.45, 2.75) is 19.5 Å². The number of aromatic nitrogens is 6. The molecular formula is C24H22F2N8OS. The van der Waals surface area contributed by atoms with Crippen LogP contribution >= 0.6 is 11.3 Å². The van der Waals surface area contributed by atoms with Crippen LogP contribution in [0.4, 0.5) is 14.7 Å². The molecule has 9 nitrogen and oxygen atoms in total. The Labute approximate surface area is 209 Å². The molecule has 0 aliphatic carbocycles. The highest BCUT2D eigenvalue weighted by Gasteiger charge is 2.18. The van der Waals surface area contributed by atoms with E-state index in [1.165, 1.54) is 23.6 Å². The molecule has 0 spiro atoms. The van der Waals surface area contributed by atoms with E-state index in [1.807, 2.05) is 31.2 Å². The van der Waals surface area contributed by atoms with E-state index in [-0.39, 0.29) is 18.3 Å². The summed E-state index contributed by atoms with van der Waals surface area (Å²) in [6.45, 7) is 3.11. The zero-order chi connectivity index (χ0) is 25.1. The van der Waals surface area contributed by atoms with Crippen LogP contribution in [0.5, 0.6) is 5.75 Å². The van der Waals surface area contributed by atoms with E-state index in [2.05, 4.69) is 30.6 Å². The van der Waals surface area contributed by atoms with Crippen LogP contribution < -0.4 is 15.8 Å². The highest BCUT2D eigenvalue weighted by Crippen LogP contribution is 2.42. The van der Waals surface area contributed by atoms with Crippen molar-refractivity contribution in [1.29, 1.82) is 0 Å². The first kappa shape index (κ1) is 23.7. The molecule has 1 atom stereocenters. The van der Waals surface area contributed by atoms with Gasteiger partial charge in [0, 0.05) is 40.7 Å². The Bertz CT molecular complexity index is 1490. The van der Waals surface area contributed by atoms with Crippen LogP contribution in [0.2, 0.25) is 0 Å². The van der Waals surface area contributed by atoms with Crippen molar-refractivity contribution in [2.24, 2.45) is 5.73 Å². The Morgan fingerprint density at radius 2 is 2.06 bits per heavy atom. The van der Waals surface area contributed by atoms with Gasteiger partial charge in [0.15, 0.2) is 5.82 Å². The second-order valence-corrected chi connectivity index (χ2v) is 9.16. The van der Waals surface area contributed by atoms with E-state index in [0.717, 1.165) is 21.8 Å². The van der Waals surface area contributed by atoms with Crippen molar-refractivity contribution in [3.8, 4) is 27.4 Å². The van der Waals surface area contributed by atoms with Gasteiger partial charge in [-0.2, -0.15) is 4.39 Å². The Balaban J connectivity index is 1.48. The minimum Gasteiger partial charge on any atom is -0.490 e. The smallest absolute Gasteiger partial charge is 0.223 e. The summed E-state index contributed by atoms with van der Waals surface area (Å²) in [5, 5.41) is 11.6. The Kier molecular flexibility index (Phi) is 6.78. The molecule has 5 aromatic rings. The first-order valence-electron chi connectivity index (χ1n) is 11.2. The average Bonchev–Trinajstić information content (AvgIpc) is 3.54. The topological polar surface area (TPSA) is 117 Å². The molecule has 12 heteroatoms. The number of anilines is 1. The Hall–Kier alpha value is -4.03. The van der Waals surface area contributed by atoms with E-state index < -0.39 is 11.8 Å². The average molecular weight is 509 g/mol. The summed E-state index contributed by atoms with van der Waals surface area (Å²) in [4.78, 5) is 12.8. The number of thiophene rings is 1. The third-order valence-corrected chi connectivity index (χ3v) is 6.43. The molecule has 0 aliphatic rings. The highest BCUT2D eigenvalue weighted by atomic mass is 32.1. The van der Waals surface area contributed by atoms with E-state index in [0.29, 0.717) is 35.2 Å². The first-order chi connectivity index (χ1) is 17.5. The van der Waals surface area contributed by atoms with Gasteiger partial charge in [0.1, 0.15) is 18.1 Å². The van der Waals surface area contributed by atoms with Crippen LogP contribution in [0, 0.1) is 11.8 Å². The lowest BCUT2D eigenvalue weighted by atomic mass is 10.0. The minimum atomic E-state index is -0.629. The zero-order valence-electron chi connectivity index (χ0n) is 19.2.